The SMILES string of the molecule is CCn1cc(C(=O)N2CC(F)(F)C2)c2ccc(Br)cc21. The number of alkyl halides is 2. The standard InChI is InChI=1S/C14H13BrF2N2O/c1-2-18-6-11(10-4-3-9(15)5-12(10)18)13(20)19-7-14(16,17)8-19/h3-6H,2,7-8H2,1H3. The molecule has 0 saturated carbocycles. The van der Waals surface area contributed by atoms with Crippen molar-refractivity contribution in [2.45, 2.75) is 19.4 Å². The van der Waals surface area contributed by atoms with Gasteiger partial charge in [0.1, 0.15) is 0 Å². The first-order valence-electron chi connectivity index (χ1n) is 6.37. The van der Waals surface area contributed by atoms with Crippen LogP contribution >= 0.6 is 15.9 Å². The van der Waals surface area contributed by atoms with Gasteiger partial charge >= 0.3 is 0 Å². The van der Waals surface area contributed by atoms with E-state index in [1.807, 2.05) is 29.7 Å². The minimum absolute atomic E-state index is 0.324. The fourth-order valence-corrected chi connectivity index (χ4v) is 2.87. The number of halogens is 3. The molecule has 106 valence electrons. The summed E-state index contributed by atoms with van der Waals surface area (Å²) in [7, 11) is 0. The molecule has 6 heteroatoms. The summed E-state index contributed by atoms with van der Waals surface area (Å²) in [5.74, 6) is -3.06. The van der Waals surface area contributed by atoms with Crippen molar-refractivity contribution in [3.05, 3.63) is 34.4 Å². The Morgan fingerprint density at radius 1 is 1.40 bits per heavy atom. The summed E-state index contributed by atoms with van der Waals surface area (Å²) >= 11 is 3.40. The van der Waals surface area contributed by atoms with Crippen LogP contribution in [0.5, 0.6) is 0 Å². The smallest absolute Gasteiger partial charge is 0.282 e. The number of aryl methyl sites for hydroxylation is 1. The van der Waals surface area contributed by atoms with Gasteiger partial charge < -0.3 is 9.47 Å². The van der Waals surface area contributed by atoms with E-state index < -0.39 is 19.0 Å². The van der Waals surface area contributed by atoms with Gasteiger partial charge in [0.25, 0.3) is 11.8 Å². The fraction of sp³-hybridized carbons (Fsp3) is 0.357. The number of hydrogen-bond acceptors (Lipinski definition) is 1. The van der Waals surface area contributed by atoms with E-state index in [4.69, 9.17) is 0 Å². The zero-order chi connectivity index (χ0) is 14.5. The molecule has 0 bridgehead atoms. The number of nitrogens with zero attached hydrogens (tertiary/aromatic N) is 2. The van der Waals surface area contributed by atoms with E-state index in [1.165, 1.54) is 4.90 Å². The van der Waals surface area contributed by atoms with E-state index in [1.54, 1.807) is 6.20 Å². The van der Waals surface area contributed by atoms with Crippen LogP contribution in [0.25, 0.3) is 10.9 Å². The van der Waals surface area contributed by atoms with Gasteiger partial charge in [-0.3, -0.25) is 4.79 Å². The molecule has 1 amide bonds. The molecule has 1 aromatic carbocycles. The summed E-state index contributed by atoms with van der Waals surface area (Å²) in [6.45, 7) is 1.73. The Bertz CT molecular complexity index is 688. The monoisotopic (exact) mass is 342 g/mol. The Morgan fingerprint density at radius 3 is 2.70 bits per heavy atom. The van der Waals surface area contributed by atoms with E-state index in [0.717, 1.165) is 21.9 Å². The molecule has 0 spiro atoms. The maximum Gasteiger partial charge on any atom is 0.282 e. The molecule has 20 heavy (non-hydrogen) atoms. The van der Waals surface area contributed by atoms with Gasteiger partial charge in [0, 0.05) is 28.1 Å². The minimum Gasteiger partial charge on any atom is -0.347 e. The second-order valence-corrected chi connectivity index (χ2v) is 5.92. The highest BCUT2D eigenvalue weighted by Crippen LogP contribution is 2.31. The van der Waals surface area contributed by atoms with Gasteiger partial charge in [-0.25, -0.2) is 8.78 Å². The Hall–Kier alpha value is -1.43. The van der Waals surface area contributed by atoms with Gasteiger partial charge in [0.05, 0.1) is 18.7 Å². The highest BCUT2D eigenvalue weighted by atomic mass is 79.9. The lowest BCUT2D eigenvalue weighted by Crippen LogP contribution is -2.58. The van der Waals surface area contributed by atoms with Gasteiger partial charge in [-0.1, -0.05) is 22.0 Å². The first-order valence-corrected chi connectivity index (χ1v) is 7.16. The van der Waals surface area contributed by atoms with Crippen LogP contribution in [0.1, 0.15) is 17.3 Å². The Morgan fingerprint density at radius 2 is 2.10 bits per heavy atom. The quantitative estimate of drug-likeness (QED) is 0.819. The summed E-state index contributed by atoms with van der Waals surface area (Å²) < 4.78 is 28.7. The molecule has 1 aliphatic heterocycles. The van der Waals surface area contributed by atoms with Crippen molar-refractivity contribution in [3.63, 3.8) is 0 Å². The van der Waals surface area contributed by atoms with Gasteiger partial charge in [0.2, 0.25) is 0 Å². The van der Waals surface area contributed by atoms with Crippen molar-refractivity contribution < 1.29 is 13.6 Å². The first-order chi connectivity index (χ1) is 9.41. The van der Waals surface area contributed by atoms with Crippen molar-refractivity contribution in [1.82, 2.24) is 9.47 Å². The molecule has 3 rings (SSSR count). The first kappa shape index (κ1) is 13.5. The number of fused-ring (bicyclic) bond motifs is 1. The third-order valence-corrected chi connectivity index (χ3v) is 4.04. The van der Waals surface area contributed by atoms with E-state index >= 15 is 0 Å². The highest BCUT2D eigenvalue weighted by Gasteiger charge is 2.46. The number of benzene rings is 1. The average molecular weight is 343 g/mol. The number of carbonyl (C=O) groups excluding carboxylic acids is 1. The van der Waals surface area contributed by atoms with Crippen LogP contribution in [0.4, 0.5) is 8.78 Å². The Kier molecular flexibility index (Phi) is 3.08. The van der Waals surface area contributed by atoms with E-state index in [2.05, 4.69) is 15.9 Å². The van der Waals surface area contributed by atoms with Crippen LogP contribution < -0.4 is 0 Å². The van der Waals surface area contributed by atoms with Crippen LogP contribution in [0.2, 0.25) is 0 Å². The van der Waals surface area contributed by atoms with Crippen LogP contribution in [-0.4, -0.2) is 34.4 Å². The molecule has 1 saturated heterocycles. The normalized spacial score (nSPS) is 17.3. The molecule has 0 N–H and O–H groups in total. The molecule has 1 aliphatic rings. The maximum atomic E-state index is 12.9. The predicted octanol–water partition coefficient (Wildman–Crippen LogP) is 3.51. The van der Waals surface area contributed by atoms with Crippen molar-refractivity contribution in [1.29, 1.82) is 0 Å². The molecule has 1 fully saturated rings. The molecule has 1 aromatic heterocycles. The molecule has 0 aliphatic carbocycles. The number of likely N-dealkylation sites (tertiary alicyclic amines) is 1. The van der Waals surface area contributed by atoms with E-state index in [-0.39, 0.29) is 5.91 Å². The number of rotatable bonds is 2. The topological polar surface area (TPSA) is 25.2 Å². The van der Waals surface area contributed by atoms with Crippen molar-refractivity contribution >= 4 is 32.7 Å². The summed E-state index contributed by atoms with van der Waals surface area (Å²) in [5, 5.41) is 0.801. The van der Waals surface area contributed by atoms with Crippen LogP contribution in [0.3, 0.4) is 0 Å². The summed E-state index contributed by atoms with van der Waals surface area (Å²) in [6.07, 6.45) is 1.75. The minimum atomic E-state index is -2.73. The Balaban J connectivity index is 2.02. The maximum absolute atomic E-state index is 12.9. The molecule has 2 heterocycles. The third kappa shape index (κ3) is 2.12. The molecular weight excluding hydrogens is 330 g/mol. The lowest BCUT2D eigenvalue weighted by Gasteiger charge is -2.38. The second kappa shape index (κ2) is 4.55. The van der Waals surface area contributed by atoms with Crippen molar-refractivity contribution in [3.8, 4) is 0 Å². The van der Waals surface area contributed by atoms with Gasteiger partial charge in [-0.2, -0.15) is 0 Å². The lowest BCUT2D eigenvalue weighted by atomic mass is 10.1. The van der Waals surface area contributed by atoms with Crippen LogP contribution in [0, 0.1) is 0 Å². The fourth-order valence-electron chi connectivity index (χ4n) is 2.52. The van der Waals surface area contributed by atoms with Gasteiger partial charge in [-0.05, 0) is 19.1 Å². The molecule has 2 aromatic rings. The zero-order valence-electron chi connectivity index (χ0n) is 10.9. The average Bonchev–Trinajstić information content (AvgIpc) is 2.72. The van der Waals surface area contributed by atoms with E-state index in [0.29, 0.717) is 5.56 Å². The summed E-state index contributed by atoms with van der Waals surface area (Å²) in [6, 6.07) is 5.63. The number of carbonyl (C=O) groups is 1. The zero-order valence-corrected chi connectivity index (χ0v) is 12.5. The third-order valence-electron chi connectivity index (χ3n) is 3.55. The molecule has 3 nitrogen and oxygen atoms in total. The highest BCUT2D eigenvalue weighted by molar-refractivity contribution is 9.10. The number of hydrogen-bond donors (Lipinski definition) is 0. The number of aromatic nitrogens is 1. The molecular formula is C14H13BrF2N2O. The largest absolute Gasteiger partial charge is 0.347 e. The second-order valence-electron chi connectivity index (χ2n) is 5.01. The van der Waals surface area contributed by atoms with Crippen LogP contribution in [0.15, 0.2) is 28.9 Å². The molecule has 0 unspecified atom stereocenters. The summed E-state index contributed by atoms with van der Waals surface area (Å²) in [5.41, 5.74) is 1.42. The summed E-state index contributed by atoms with van der Waals surface area (Å²) in [4.78, 5) is 13.5. The molecule has 0 radical (unpaired) electrons. The van der Waals surface area contributed by atoms with Gasteiger partial charge in [0.15, 0.2) is 0 Å². The van der Waals surface area contributed by atoms with Crippen LogP contribution in [-0.2, 0) is 6.54 Å². The Labute approximate surface area is 123 Å². The number of amides is 1. The van der Waals surface area contributed by atoms with Crippen molar-refractivity contribution in [2.24, 2.45) is 0 Å². The predicted molar refractivity (Wildman–Crippen MR) is 76.2 cm³/mol. The van der Waals surface area contributed by atoms with E-state index in [9.17, 15) is 13.6 Å². The molecule has 0 atom stereocenters. The van der Waals surface area contributed by atoms with Crippen molar-refractivity contribution in [2.75, 3.05) is 13.1 Å². The lowest BCUT2D eigenvalue weighted by molar-refractivity contribution is -0.113. The van der Waals surface area contributed by atoms with Gasteiger partial charge in [-0.15, -0.1) is 0 Å².